The Labute approximate surface area is 125 Å². The highest BCUT2D eigenvalue weighted by molar-refractivity contribution is 5.68. The van der Waals surface area contributed by atoms with E-state index in [-0.39, 0.29) is 0 Å². The van der Waals surface area contributed by atoms with Crippen LogP contribution < -0.4 is 4.74 Å². The molecule has 3 aromatic rings. The van der Waals surface area contributed by atoms with Crippen molar-refractivity contribution in [1.82, 2.24) is 0 Å². The van der Waals surface area contributed by atoms with Gasteiger partial charge in [-0.3, -0.25) is 0 Å². The molecule has 1 nitrogen and oxygen atoms in total. The van der Waals surface area contributed by atoms with Crippen LogP contribution in [0.25, 0.3) is 11.1 Å². The van der Waals surface area contributed by atoms with E-state index in [1.165, 1.54) is 16.7 Å². The van der Waals surface area contributed by atoms with Gasteiger partial charge in [-0.1, -0.05) is 61.5 Å². The van der Waals surface area contributed by atoms with Crippen molar-refractivity contribution in [2.24, 2.45) is 0 Å². The minimum atomic E-state index is 0.860. The van der Waals surface area contributed by atoms with E-state index in [2.05, 4.69) is 43.3 Å². The fraction of sp³-hybridized carbons (Fsp3) is 0.100. The highest BCUT2D eigenvalue weighted by atomic mass is 16.5. The molecule has 0 fully saturated rings. The van der Waals surface area contributed by atoms with E-state index in [0.29, 0.717) is 0 Å². The van der Waals surface area contributed by atoms with Gasteiger partial charge in [0, 0.05) is 0 Å². The van der Waals surface area contributed by atoms with Gasteiger partial charge in [-0.25, -0.2) is 0 Å². The predicted octanol–water partition coefficient (Wildman–Crippen LogP) is 5.71. The van der Waals surface area contributed by atoms with Crippen molar-refractivity contribution in [3.63, 3.8) is 0 Å². The Morgan fingerprint density at radius 2 is 1.29 bits per heavy atom. The topological polar surface area (TPSA) is 9.23 Å². The molecule has 3 aromatic carbocycles. The first-order valence-electron chi connectivity index (χ1n) is 7.28. The number of ether oxygens (including phenoxy) is 1. The quantitative estimate of drug-likeness (QED) is 0.592. The van der Waals surface area contributed by atoms with Crippen molar-refractivity contribution >= 4 is 0 Å². The molecular formula is C20H18O. The summed E-state index contributed by atoms with van der Waals surface area (Å²) in [7, 11) is 0. The first-order chi connectivity index (χ1) is 10.4. The molecule has 3 rings (SSSR count). The van der Waals surface area contributed by atoms with E-state index in [1.807, 2.05) is 42.5 Å². The summed E-state index contributed by atoms with van der Waals surface area (Å²) in [6.45, 7) is 2.19. The standard InChI is InChI=1S/C20H18O/c1-2-16-8-6-7-11-20(16)17-12-14-19(15-13-17)21-18-9-4-3-5-10-18/h3-15H,2H2,1H3. The first-order valence-corrected chi connectivity index (χ1v) is 7.28. The summed E-state index contributed by atoms with van der Waals surface area (Å²) >= 11 is 0. The maximum atomic E-state index is 5.83. The van der Waals surface area contributed by atoms with Crippen molar-refractivity contribution in [2.75, 3.05) is 0 Å². The lowest BCUT2D eigenvalue weighted by Gasteiger charge is -2.09. The molecule has 0 saturated carbocycles. The number of benzene rings is 3. The van der Waals surface area contributed by atoms with Gasteiger partial charge in [-0.05, 0) is 47.4 Å². The number of hydrogen-bond acceptors (Lipinski definition) is 1. The fourth-order valence-electron chi connectivity index (χ4n) is 2.44. The second kappa shape index (κ2) is 6.27. The molecule has 0 atom stereocenters. The summed E-state index contributed by atoms with van der Waals surface area (Å²) in [5.41, 5.74) is 3.90. The number of hydrogen-bond donors (Lipinski definition) is 0. The van der Waals surface area contributed by atoms with Crippen LogP contribution in [0, 0.1) is 0 Å². The zero-order valence-electron chi connectivity index (χ0n) is 12.1. The minimum Gasteiger partial charge on any atom is -0.457 e. The molecule has 1 heteroatoms. The summed E-state index contributed by atoms with van der Waals surface area (Å²) in [4.78, 5) is 0. The molecule has 0 saturated heterocycles. The van der Waals surface area contributed by atoms with Gasteiger partial charge in [0.15, 0.2) is 0 Å². The Kier molecular flexibility index (Phi) is 4.02. The maximum Gasteiger partial charge on any atom is 0.127 e. The van der Waals surface area contributed by atoms with E-state index < -0.39 is 0 Å². The van der Waals surface area contributed by atoms with Crippen molar-refractivity contribution in [2.45, 2.75) is 13.3 Å². The SMILES string of the molecule is CCc1ccccc1-c1ccc(Oc2ccccc2)cc1. The van der Waals surface area contributed by atoms with E-state index in [9.17, 15) is 0 Å². The summed E-state index contributed by atoms with van der Waals surface area (Å²) in [6.07, 6.45) is 1.04. The summed E-state index contributed by atoms with van der Waals surface area (Å²) < 4.78 is 5.83. The van der Waals surface area contributed by atoms with Gasteiger partial charge < -0.3 is 4.74 Å². The average Bonchev–Trinajstić information content (AvgIpc) is 2.56. The molecule has 0 spiro atoms. The molecule has 0 amide bonds. The third kappa shape index (κ3) is 3.14. The second-order valence-electron chi connectivity index (χ2n) is 4.95. The molecular weight excluding hydrogens is 256 g/mol. The van der Waals surface area contributed by atoms with Crippen LogP contribution in [-0.4, -0.2) is 0 Å². The maximum absolute atomic E-state index is 5.83. The third-order valence-corrected chi connectivity index (χ3v) is 3.54. The second-order valence-corrected chi connectivity index (χ2v) is 4.95. The molecule has 0 aliphatic heterocycles. The summed E-state index contributed by atoms with van der Waals surface area (Å²) in [5, 5.41) is 0. The van der Waals surface area contributed by atoms with Crippen LogP contribution in [0.3, 0.4) is 0 Å². The van der Waals surface area contributed by atoms with Gasteiger partial charge in [0.2, 0.25) is 0 Å². The van der Waals surface area contributed by atoms with E-state index in [4.69, 9.17) is 4.74 Å². The summed E-state index contributed by atoms with van der Waals surface area (Å²) in [6, 6.07) is 26.7. The van der Waals surface area contributed by atoms with Crippen LogP contribution in [0.5, 0.6) is 11.5 Å². The van der Waals surface area contributed by atoms with Gasteiger partial charge >= 0.3 is 0 Å². The Morgan fingerprint density at radius 3 is 2.00 bits per heavy atom. The largest absolute Gasteiger partial charge is 0.457 e. The molecule has 0 unspecified atom stereocenters. The lowest BCUT2D eigenvalue weighted by atomic mass is 9.98. The number of aryl methyl sites for hydroxylation is 1. The third-order valence-electron chi connectivity index (χ3n) is 3.54. The van der Waals surface area contributed by atoms with Crippen molar-refractivity contribution in [1.29, 1.82) is 0 Å². The van der Waals surface area contributed by atoms with Crippen LogP contribution in [0.1, 0.15) is 12.5 Å². The zero-order valence-corrected chi connectivity index (χ0v) is 12.1. The molecule has 0 aliphatic carbocycles. The zero-order chi connectivity index (χ0) is 14.5. The number of rotatable bonds is 4. The molecule has 21 heavy (non-hydrogen) atoms. The van der Waals surface area contributed by atoms with Gasteiger partial charge in [-0.15, -0.1) is 0 Å². The van der Waals surface area contributed by atoms with Crippen LogP contribution in [0.15, 0.2) is 78.9 Å². The first kappa shape index (κ1) is 13.4. The lowest BCUT2D eigenvalue weighted by molar-refractivity contribution is 0.483. The van der Waals surface area contributed by atoms with Crippen molar-refractivity contribution in [3.8, 4) is 22.6 Å². The van der Waals surface area contributed by atoms with Crippen molar-refractivity contribution < 1.29 is 4.74 Å². The average molecular weight is 274 g/mol. The molecule has 0 radical (unpaired) electrons. The Morgan fingerprint density at radius 1 is 0.667 bits per heavy atom. The molecule has 0 N–H and O–H groups in total. The predicted molar refractivity (Wildman–Crippen MR) is 87.8 cm³/mol. The van der Waals surface area contributed by atoms with E-state index in [1.54, 1.807) is 0 Å². The Hall–Kier alpha value is -2.54. The van der Waals surface area contributed by atoms with Gasteiger partial charge in [0.05, 0.1) is 0 Å². The van der Waals surface area contributed by atoms with E-state index in [0.717, 1.165) is 17.9 Å². The normalized spacial score (nSPS) is 10.3. The molecule has 0 bridgehead atoms. The van der Waals surface area contributed by atoms with Crippen LogP contribution in [0.4, 0.5) is 0 Å². The molecule has 0 aliphatic rings. The highest BCUT2D eigenvalue weighted by Crippen LogP contribution is 2.28. The Balaban J connectivity index is 1.84. The smallest absolute Gasteiger partial charge is 0.127 e. The van der Waals surface area contributed by atoms with Gasteiger partial charge in [0.1, 0.15) is 11.5 Å². The highest BCUT2D eigenvalue weighted by Gasteiger charge is 2.03. The summed E-state index contributed by atoms with van der Waals surface area (Å²) in [5.74, 6) is 1.72. The van der Waals surface area contributed by atoms with Crippen molar-refractivity contribution in [3.05, 3.63) is 84.4 Å². The van der Waals surface area contributed by atoms with Gasteiger partial charge in [0.25, 0.3) is 0 Å². The van der Waals surface area contributed by atoms with Crippen LogP contribution >= 0.6 is 0 Å². The molecule has 0 aromatic heterocycles. The van der Waals surface area contributed by atoms with Gasteiger partial charge in [-0.2, -0.15) is 0 Å². The lowest BCUT2D eigenvalue weighted by Crippen LogP contribution is -1.88. The fourth-order valence-corrected chi connectivity index (χ4v) is 2.44. The molecule has 104 valence electrons. The minimum absolute atomic E-state index is 0.860. The van der Waals surface area contributed by atoms with E-state index >= 15 is 0 Å². The Bertz CT molecular complexity index is 699. The monoisotopic (exact) mass is 274 g/mol. The van der Waals surface area contributed by atoms with Crippen LogP contribution in [-0.2, 0) is 6.42 Å². The number of para-hydroxylation sites is 1. The van der Waals surface area contributed by atoms with Crippen LogP contribution in [0.2, 0.25) is 0 Å². The molecule has 0 heterocycles.